The minimum atomic E-state index is -4.33. The summed E-state index contributed by atoms with van der Waals surface area (Å²) in [6.07, 6.45) is -3.87. The molecule has 0 fully saturated rings. The van der Waals surface area contributed by atoms with Crippen LogP contribution < -0.4 is 5.32 Å². The molecule has 0 aliphatic rings. The van der Waals surface area contributed by atoms with Crippen LogP contribution in [0.1, 0.15) is 33.6 Å². The van der Waals surface area contributed by atoms with Gasteiger partial charge in [0.2, 0.25) is 0 Å². The van der Waals surface area contributed by atoms with Crippen molar-refractivity contribution < 1.29 is 17.9 Å². The predicted molar refractivity (Wildman–Crippen MR) is 58.4 cm³/mol. The normalized spacial score (nSPS) is 17.2. The highest BCUT2D eigenvalue weighted by Gasteiger charge is 2.31. The molecule has 0 radical (unpaired) electrons. The first-order valence-electron chi connectivity index (χ1n) is 5.57. The Hall–Kier alpha value is -0.800. The monoisotopic (exact) mass is 252 g/mol. The Morgan fingerprint density at radius 1 is 1.41 bits per heavy atom. The largest absolute Gasteiger partial charge is 0.411 e. The molecule has 0 aromatic rings. The van der Waals surface area contributed by atoms with E-state index in [9.17, 15) is 13.2 Å². The molecule has 100 valence electrons. The van der Waals surface area contributed by atoms with Gasteiger partial charge in [0.1, 0.15) is 12.1 Å². The maximum atomic E-state index is 11.9. The number of nitrogens with one attached hydrogen (secondary N) is 1. The summed E-state index contributed by atoms with van der Waals surface area (Å²) < 4.78 is 40.5. The molecule has 0 saturated heterocycles. The summed E-state index contributed by atoms with van der Waals surface area (Å²) in [7, 11) is 0. The SMILES string of the molecule is CCCNC(C)(C#N)CC(C)OCC(F)(F)F. The topological polar surface area (TPSA) is 45.0 Å². The first-order valence-corrected chi connectivity index (χ1v) is 5.57. The van der Waals surface area contributed by atoms with Gasteiger partial charge in [0.05, 0.1) is 12.2 Å². The molecule has 0 aliphatic carbocycles. The minimum absolute atomic E-state index is 0.222. The summed E-state index contributed by atoms with van der Waals surface area (Å²) in [6, 6.07) is 2.07. The number of ether oxygens (including phenoxy) is 1. The van der Waals surface area contributed by atoms with Crippen LogP contribution in [-0.2, 0) is 4.74 Å². The molecule has 0 aromatic heterocycles. The lowest BCUT2D eigenvalue weighted by atomic mass is 9.96. The van der Waals surface area contributed by atoms with Crippen molar-refractivity contribution in [3.8, 4) is 6.07 Å². The van der Waals surface area contributed by atoms with Gasteiger partial charge in [-0.2, -0.15) is 18.4 Å². The smallest absolute Gasteiger partial charge is 0.369 e. The quantitative estimate of drug-likeness (QED) is 0.757. The molecule has 0 amide bonds. The van der Waals surface area contributed by atoms with Gasteiger partial charge in [-0.05, 0) is 26.8 Å². The summed E-state index contributed by atoms with van der Waals surface area (Å²) in [5.41, 5.74) is -0.846. The highest BCUT2D eigenvalue weighted by molar-refractivity contribution is 5.04. The number of rotatable bonds is 7. The van der Waals surface area contributed by atoms with Crippen molar-refractivity contribution in [3.63, 3.8) is 0 Å². The lowest BCUT2D eigenvalue weighted by molar-refractivity contribution is -0.185. The first-order chi connectivity index (χ1) is 7.72. The maximum absolute atomic E-state index is 11.9. The van der Waals surface area contributed by atoms with Crippen LogP contribution in [0, 0.1) is 11.3 Å². The zero-order valence-electron chi connectivity index (χ0n) is 10.4. The van der Waals surface area contributed by atoms with E-state index < -0.39 is 24.4 Å². The molecule has 0 rings (SSSR count). The molecule has 17 heavy (non-hydrogen) atoms. The Morgan fingerprint density at radius 2 is 2.00 bits per heavy atom. The number of alkyl halides is 3. The summed E-state index contributed by atoms with van der Waals surface area (Å²) in [5.74, 6) is 0. The van der Waals surface area contributed by atoms with E-state index in [1.54, 1.807) is 6.92 Å². The average Bonchev–Trinajstić information content (AvgIpc) is 2.23. The van der Waals surface area contributed by atoms with Gasteiger partial charge < -0.3 is 4.74 Å². The minimum Gasteiger partial charge on any atom is -0.369 e. The third-order valence-electron chi connectivity index (χ3n) is 2.24. The number of halogens is 3. The summed E-state index contributed by atoms with van der Waals surface area (Å²) in [6.45, 7) is 4.53. The van der Waals surface area contributed by atoms with Crippen LogP contribution in [0.3, 0.4) is 0 Å². The van der Waals surface area contributed by atoms with Crippen LogP contribution in [-0.4, -0.2) is 31.0 Å². The van der Waals surface area contributed by atoms with Crippen molar-refractivity contribution in [1.82, 2.24) is 5.32 Å². The molecule has 0 saturated carbocycles. The van der Waals surface area contributed by atoms with Crippen LogP contribution in [0.25, 0.3) is 0 Å². The summed E-state index contributed by atoms with van der Waals surface area (Å²) in [5, 5.41) is 12.0. The molecule has 6 heteroatoms. The molecule has 3 nitrogen and oxygen atoms in total. The molecule has 0 aromatic carbocycles. The van der Waals surface area contributed by atoms with Gasteiger partial charge in [-0.3, -0.25) is 5.32 Å². The van der Waals surface area contributed by atoms with Crippen molar-refractivity contribution in [1.29, 1.82) is 5.26 Å². The Morgan fingerprint density at radius 3 is 2.41 bits per heavy atom. The first kappa shape index (κ1) is 16.2. The van der Waals surface area contributed by atoms with Gasteiger partial charge in [0, 0.05) is 6.42 Å². The van der Waals surface area contributed by atoms with Crippen molar-refractivity contribution >= 4 is 0 Å². The number of nitriles is 1. The van der Waals surface area contributed by atoms with Gasteiger partial charge in [0.25, 0.3) is 0 Å². The molecule has 2 atom stereocenters. The number of hydrogen-bond donors (Lipinski definition) is 1. The third kappa shape index (κ3) is 8.00. The highest BCUT2D eigenvalue weighted by Crippen LogP contribution is 2.19. The maximum Gasteiger partial charge on any atom is 0.411 e. The zero-order valence-corrected chi connectivity index (χ0v) is 10.4. The number of nitrogens with zero attached hydrogens (tertiary/aromatic N) is 1. The molecular weight excluding hydrogens is 233 g/mol. The second kappa shape index (κ2) is 6.82. The van der Waals surface area contributed by atoms with Crippen molar-refractivity contribution in [2.45, 2.75) is 51.4 Å². The van der Waals surface area contributed by atoms with Gasteiger partial charge in [-0.1, -0.05) is 6.92 Å². The summed E-state index contributed by atoms with van der Waals surface area (Å²) in [4.78, 5) is 0. The van der Waals surface area contributed by atoms with Crippen molar-refractivity contribution in [3.05, 3.63) is 0 Å². The molecular formula is C11H19F3N2O. The van der Waals surface area contributed by atoms with E-state index in [0.29, 0.717) is 6.54 Å². The zero-order chi connectivity index (χ0) is 13.5. The van der Waals surface area contributed by atoms with Gasteiger partial charge in [-0.15, -0.1) is 0 Å². The molecule has 0 bridgehead atoms. The number of hydrogen-bond acceptors (Lipinski definition) is 3. The Balaban J connectivity index is 4.15. The lowest BCUT2D eigenvalue weighted by Gasteiger charge is -2.26. The van der Waals surface area contributed by atoms with Crippen molar-refractivity contribution in [2.75, 3.05) is 13.2 Å². The second-order valence-corrected chi connectivity index (χ2v) is 4.31. The van der Waals surface area contributed by atoms with E-state index in [0.717, 1.165) is 6.42 Å². The molecule has 1 N–H and O–H groups in total. The van der Waals surface area contributed by atoms with E-state index in [1.165, 1.54) is 6.92 Å². The molecule has 0 spiro atoms. The Labute approximate surface area is 99.9 Å². The van der Waals surface area contributed by atoms with Gasteiger partial charge in [0.15, 0.2) is 0 Å². The van der Waals surface area contributed by atoms with Crippen LogP contribution in [0.15, 0.2) is 0 Å². The Kier molecular flexibility index (Phi) is 6.50. The van der Waals surface area contributed by atoms with Crippen LogP contribution >= 0.6 is 0 Å². The van der Waals surface area contributed by atoms with Crippen LogP contribution in [0.2, 0.25) is 0 Å². The van der Waals surface area contributed by atoms with E-state index in [4.69, 9.17) is 5.26 Å². The van der Waals surface area contributed by atoms with E-state index in [2.05, 4.69) is 16.1 Å². The second-order valence-electron chi connectivity index (χ2n) is 4.31. The average molecular weight is 252 g/mol. The molecule has 0 heterocycles. The highest BCUT2D eigenvalue weighted by atomic mass is 19.4. The standard InChI is InChI=1S/C11H19F3N2O/c1-4-5-16-10(3,7-15)6-9(2)17-8-11(12,13)14/h9,16H,4-6,8H2,1-3H3. The fourth-order valence-electron chi connectivity index (χ4n) is 1.43. The van der Waals surface area contributed by atoms with Crippen LogP contribution in [0.4, 0.5) is 13.2 Å². The van der Waals surface area contributed by atoms with Crippen molar-refractivity contribution in [2.24, 2.45) is 0 Å². The molecule has 0 aliphatic heterocycles. The van der Waals surface area contributed by atoms with Crippen LogP contribution in [0.5, 0.6) is 0 Å². The van der Waals surface area contributed by atoms with E-state index in [1.807, 2.05) is 6.92 Å². The third-order valence-corrected chi connectivity index (χ3v) is 2.24. The van der Waals surface area contributed by atoms with E-state index in [-0.39, 0.29) is 6.42 Å². The van der Waals surface area contributed by atoms with Gasteiger partial charge >= 0.3 is 6.18 Å². The Bertz CT molecular complexity index is 262. The summed E-state index contributed by atoms with van der Waals surface area (Å²) >= 11 is 0. The molecule has 2 unspecified atom stereocenters. The fourth-order valence-corrected chi connectivity index (χ4v) is 1.43. The van der Waals surface area contributed by atoms with E-state index >= 15 is 0 Å². The lowest BCUT2D eigenvalue weighted by Crippen LogP contribution is -2.44. The predicted octanol–water partition coefficient (Wildman–Crippen LogP) is 2.63. The van der Waals surface area contributed by atoms with Gasteiger partial charge in [-0.25, -0.2) is 0 Å². The fraction of sp³-hybridized carbons (Fsp3) is 0.909.